The monoisotopic (exact) mass is 478 g/mol. The molecule has 5 heterocycles. The lowest BCUT2D eigenvalue weighted by Crippen LogP contribution is -2.47. The summed E-state index contributed by atoms with van der Waals surface area (Å²) in [7, 11) is 1.77. The van der Waals surface area contributed by atoms with Gasteiger partial charge < -0.3 is 15.0 Å². The smallest absolute Gasteiger partial charge is 0.190 e. The highest BCUT2D eigenvalue weighted by molar-refractivity contribution is 7.21. The lowest BCUT2D eigenvalue weighted by molar-refractivity contribution is 0.136. The van der Waals surface area contributed by atoms with Crippen LogP contribution in [0.25, 0.3) is 15.9 Å². The van der Waals surface area contributed by atoms with Crippen molar-refractivity contribution in [2.75, 3.05) is 43.6 Å². The minimum Gasteiger partial charge on any atom is -0.383 e. The number of ether oxygens (including phenoxy) is 1. The Bertz CT molecular complexity index is 1220. The van der Waals surface area contributed by atoms with Gasteiger partial charge in [-0.05, 0) is 44.0 Å². The molecular formula is C24H30N8OS. The van der Waals surface area contributed by atoms with Crippen LogP contribution in [0.15, 0.2) is 41.3 Å². The van der Waals surface area contributed by atoms with Gasteiger partial charge in [0.2, 0.25) is 0 Å². The van der Waals surface area contributed by atoms with Crippen LogP contribution in [0.3, 0.4) is 0 Å². The number of likely N-dealkylation sites (tertiary alicyclic amines) is 1. The number of pyridine rings is 2. The maximum atomic E-state index is 5.26. The normalized spacial score (nSPS) is 20.6. The number of allylic oxidation sites excluding steroid dienone is 2. The summed E-state index contributed by atoms with van der Waals surface area (Å²) < 4.78 is 5.26. The molecule has 0 unspecified atom stereocenters. The molecule has 3 aromatic rings. The van der Waals surface area contributed by atoms with Crippen LogP contribution in [0, 0.1) is 0 Å². The third kappa shape index (κ3) is 4.48. The molecule has 0 amide bonds. The summed E-state index contributed by atoms with van der Waals surface area (Å²) in [6.45, 7) is 11.4. The van der Waals surface area contributed by atoms with E-state index in [1.807, 2.05) is 32.2 Å². The van der Waals surface area contributed by atoms with E-state index in [1.54, 1.807) is 7.11 Å². The van der Waals surface area contributed by atoms with Gasteiger partial charge in [0, 0.05) is 69.2 Å². The van der Waals surface area contributed by atoms with Gasteiger partial charge in [-0.25, -0.2) is 15.0 Å². The second-order valence-electron chi connectivity index (χ2n) is 8.77. The molecular weight excluding hydrogens is 448 g/mol. The average Bonchev–Trinajstić information content (AvgIpc) is 3.55. The summed E-state index contributed by atoms with van der Waals surface area (Å²) in [5.41, 5.74) is 7.78. The lowest BCUT2D eigenvalue weighted by atomic mass is 10.1. The Balaban J connectivity index is 1.30. The largest absolute Gasteiger partial charge is 0.383 e. The fourth-order valence-electron chi connectivity index (χ4n) is 4.80. The van der Waals surface area contributed by atoms with Crippen molar-refractivity contribution in [2.45, 2.75) is 32.4 Å². The number of hydrazone groups is 1. The average molecular weight is 479 g/mol. The van der Waals surface area contributed by atoms with E-state index in [0.29, 0.717) is 12.1 Å². The molecule has 178 valence electrons. The van der Waals surface area contributed by atoms with Crippen LogP contribution in [-0.4, -0.2) is 72.0 Å². The number of nitrogens with zero attached hydrogens (tertiary/aromatic N) is 6. The minimum atomic E-state index is 0.549. The molecule has 0 radical (unpaired) electrons. The van der Waals surface area contributed by atoms with Crippen molar-refractivity contribution in [3.05, 3.63) is 41.9 Å². The second-order valence-corrected chi connectivity index (χ2v) is 9.74. The maximum absolute atomic E-state index is 5.26. The molecule has 0 aliphatic carbocycles. The number of rotatable bonds is 9. The van der Waals surface area contributed by atoms with Gasteiger partial charge in [0.05, 0.1) is 12.3 Å². The van der Waals surface area contributed by atoms with E-state index >= 15 is 0 Å². The quantitative estimate of drug-likeness (QED) is 0.355. The van der Waals surface area contributed by atoms with Crippen molar-refractivity contribution >= 4 is 50.6 Å². The van der Waals surface area contributed by atoms with Gasteiger partial charge in [0.1, 0.15) is 16.2 Å². The standard InChI is InChI=1S/C24H30N8OS/c1-15(16(2)30-25-3)20-5-6-21-23(27-20)34-24(28-21)29-22-12-17(7-8-26-22)32-14-18-11-19(32)13-31(18)9-10-33-4/h5-8,12,18-19,30H,3,9-11,13-14H2,1-2,4H3,(H,26,28,29)/b16-15+/t18-,19-/m0/s1. The Morgan fingerprint density at radius 1 is 1.24 bits per heavy atom. The van der Waals surface area contributed by atoms with Crippen molar-refractivity contribution in [1.29, 1.82) is 0 Å². The molecule has 2 atom stereocenters. The van der Waals surface area contributed by atoms with Gasteiger partial charge in [0.15, 0.2) is 5.13 Å². The van der Waals surface area contributed by atoms with E-state index in [1.165, 1.54) is 23.4 Å². The first kappa shape index (κ1) is 22.7. The van der Waals surface area contributed by atoms with E-state index < -0.39 is 0 Å². The van der Waals surface area contributed by atoms with Crippen LogP contribution in [0.4, 0.5) is 16.6 Å². The molecule has 9 nitrogen and oxygen atoms in total. The van der Waals surface area contributed by atoms with E-state index in [-0.39, 0.29) is 0 Å². The number of piperazine rings is 1. The minimum absolute atomic E-state index is 0.549. The number of hydrogen-bond acceptors (Lipinski definition) is 10. The number of hydrogen-bond donors (Lipinski definition) is 2. The van der Waals surface area contributed by atoms with Crippen molar-refractivity contribution in [1.82, 2.24) is 25.3 Å². The number of anilines is 3. The summed E-state index contributed by atoms with van der Waals surface area (Å²) in [6, 6.07) is 9.35. The first-order valence-electron chi connectivity index (χ1n) is 11.5. The third-order valence-electron chi connectivity index (χ3n) is 6.70. The summed E-state index contributed by atoms with van der Waals surface area (Å²) in [5.74, 6) is 0.795. The van der Waals surface area contributed by atoms with Gasteiger partial charge in [-0.1, -0.05) is 11.3 Å². The molecule has 2 fully saturated rings. The Labute approximate surface area is 203 Å². The van der Waals surface area contributed by atoms with Gasteiger partial charge in [-0.15, -0.1) is 0 Å². The number of nitrogens with one attached hydrogen (secondary N) is 2. The summed E-state index contributed by atoms with van der Waals surface area (Å²) >= 11 is 1.52. The summed E-state index contributed by atoms with van der Waals surface area (Å²) in [5, 5.41) is 7.90. The zero-order valence-corrected chi connectivity index (χ0v) is 20.6. The topological polar surface area (TPSA) is 90.8 Å². The molecule has 10 heteroatoms. The molecule has 2 N–H and O–H groups in total. The van der Waals surface area contributed by atoms with Gasteiger partial charge in [0.25, 0.3) is 0 Å². The molecule has 2 bridgehead atoms. The fraction of sp³-hybridized carbons (Fsp3) is 0.417. The van der Waals surface area contributed by atoms with Gasteiger partial charge in [-0.2, -0.15) is 5.10 Å². The number of aromatic nitrogens is 3. The second kappa shape index (κ2) is 9.65. The van der Waals surface area contributed by atoms with Crippen LogP contribution < -0.4 is 15.6 Å². The first-order chi connectivity index (χ1) is 16.6. The van der Waals surface area contributed by atoms with Crippen LogP contribution >= 0.6 is 11.3 Å². The summed E-state index contributed by atoms with van der Waals surface area (Å²) in [6.07, 6.45) is 3.08. The number of fused-ring (bicyclic) bond motifs is 3. The fourth-order valence-corrected chi connectivity index (χ4v) is 5.64. The molecule has 5 rings (SSSR count). The molecule has 3 aromatic heterocycles. The highest BCUT2D eigenvalue weighted by Gasteiger charge is 2.42. The van der Waals surface area contributed by atoms with Crippen LogP contribution in [-0.2, 0) is 4.74 Å². The third-order valence-corrected chi connectivity index (χ3v) is 7.58. The van der Waals surface area contributed by atoms with Crippen molar-refractivity contribution in [2.24, 2.45) is 5.10 Å². The molecule has 2 aliphatic rings. The van der Waals surface area contributed by atoms with E-state index in [4.69, 9.17) is 14.7 Å². The molecule has 34 heavy (non-hydrogen) atoms. The van der Waals surface area contributed by atoms with Crippen LogP contribution in [0.5, 0.6) is 0 Å². The highest BCUT2D eigenvalue weighted by Crippen LogP contribution is 2.35. The van der Waals surface area contributed by atoms with Crippen molar-refractivity contribution in [3.63, 3.8) is 0 Å². The van der Waals surface area contributed by atoms with Gasteiger partial charge >= 0.3 is 0 Å². The van der Waals surface area contributed by atoms with E-state index in [0.717, 1.165) is 64.5 Å². The van der Waals surface area contributed by atoms with Crippen LogP contribution in [0.1, 0.15) is 26.0 Å². The molecule has 0 spiro atoms. The Hall–Kier alpha value is -3.08. The van der Waals surface area contributed by atoms with Crippen LogP contribution in [0.2, 0.25) is 0 Å². The molecule has 2 saturated heterocycles. The predicted octanol–water partition coefficient (Wildman–Crippen LogP) is 3.70. The number of methoxy groups -OCH3 is 1. The van der Waals surface area contributed by atoms with Gasteiger partial charge in [-0.3, -0.25) is 10.3 Å². The SMILES string of the molecule is C=NN/C(C)=C(\C)c1ccc2nc(Nc3cc(N4C[C@@H]5C[C@H]4CN5CCOC)ccn3)sc2n1. The molecule has 0 saturated carbocycles. The zero-order valence-electron chi connectivity index (χ0n) is 19.8. The Morgan fingerprint density at radius 2 is 2.12 bits per heavy atom. The van der Waals surface area contributed by atoms with E-state index in [2.05, 4.69) is 49.5 Å². The van der Waals surface area contributed by atoms with E-state index in [9.17, 15) is 0 Å². The molecule has 2 aliphatic heterocycles. The Kier molecular flexibility index (Phi) is 6.44. The maximum Gasteiger partial charge on any atom is 0.190 e. The number of thiazole rings is 1. The lowest BCUT2D eigenvalue weighted by Gasteiger charge is -2.35. The first-order valence-corrected chi connectivity index (χ1v) is 12.3. The zero-order chi connectivity index (χ0) is 23.7. The Morgan fingerprint density at radius 3 is 2.88 bits per heavy atom. The van der Waals surface area contributed by atoms with Crippen molar-refractivity contribution in [3.8, 4) is 0 Å². The summed E-state index contributed by atoms with van der Waals surface area (Å²) in [4.78, 5) is 20.0. The highest BCUT2D eigenvalue weighted by atomic mass is 32.1. The predicted molar refractivity (Wildman–Crippen MR) is 139 cm³/mol. The molecule has 0 aromatic carbocycles. The van der Waals surface area contributed by atoms with Crippen molar-refractivity contribution < 1.29 is 4.74 Å².